The van der Waals surface area contributed by atoms with Gasteiger partial charge in [-0.05, 0) is 58.0 Å². The van der Waals surface area contributed by atoms with Crippen LogP contribution in [0, 0.1) is 11.8 Å². The number of allylic oxidation sites excluding steroid dienone is 2. The summed E-state index contributed by atoms with van der Waals surface area (Å²) in [5.74, 6) is 0.406. The van der Waals surface area contributed by atoms with Crippen LogP contribution in [0.5, 0.6) is 5.75 Å². The van der Waals surface area contributed by atoms with Gasteiger partial charge >= 0.3 is 0 Å². The molecule has 2 aliphatic carbocycles. The summed E-state index contributed by atoms with van der Waals surface area (Å²) in [7, 11) is 0. The predicted octanol–water partition coefficient (Wildman–Crippen LogP) is 4.80. The predicted molar refractivity (Wildman–Crippen MR) is 79.8 cm³/mol. The van der Waals surface area contributed by atoms with Gasteiger partial charge in [0.2, 0.25) is 0 Å². The average Bonchev–Trinajstić information content (AvgIpc) is 2.91. The summed E-state index contributed by atoms with van der Waals surface area (Å²) in [4.78, 5) is 12.2. The van der Waals surface area contributed by atoms with E-state index in [9.17, 15) is 9.90 Å². The summed E-state index contributed by atoms with van der Waals surface area (Å²) in [6.07, 6.45) is 3.03. The molecule has 0 saturated heterocycles. The number of aromatic hydroxyl groups is 1. The molecule has 2 atom stereocenters. The van der Waals surface area contributed by atoms with E-state index in [0.717, 1.165) is 30.4 Å². The van der Waals surface area contributed by atoms with Crippen molar-refractivity contribution in [2.24, 2.45) is 11.8 Å². The minimum atomic E-state index is -0.115. The van der Waals surface area contributed by atoms with Crippen molar-refractivity contribution in [3.05, 3.63) is 32.2 Å². The number of carbonyl (C=O) groups excluding carboxylic acids is 1. The highest BCUT2D eigenvalue weighted by molar-refractivity contribution is 9.12. The maximum Gasteiger partial charge on any atom is 0.173 e. The van der Waals surface area contributed by atoms with Gasteiger partial charge in [-0.15, -0.1) is 0 Å². The number of benzene rings is 1. The number of hydrogen-bond donors (Lipinski definition) is 1. The molecule has 3 rings (SSSR count). The van der Waals surface area contributed by atoms with E-state index in [2.05, 4.69) is 15.9 Å². The number of phenols is 1. The van der Waals surface area contributed by atoms with Crippen LogP contribution in [0.4, 0.5) is 0 Å². The van der Waals surface area contributed by atoms with Crippen LogP contribution in [0.3, 0.4) is 0 Å². The van der Waals surface area contributed by atoms with Gasteiger partial charge in [0.15, 0.2) is 11.5 Å². The van der Waals surface area contributed by atoms with Gasteiger partial charge in [-0.3, -0.25) is 4.79 Å². The number of rotatable bonds is 1. The Kier molecular flexibility index (Phi) is 3.40. The first kappa shape index (κ1) is 13.5. The summed E-state index contributed by atoms with van der Waals surface area (Å²) >= 11 is 15.3. The van der Waals surface area contributed by atoms with Crippen LogP contribution in [0.25, 0.3) is 5.57 Å². The lowest BCUT2D eigenvalue weighted by atomic mass is 9.90. The van der Waals surface area contributed by atoms with Crippen molar-refractivity contribution in [1.29, 1.82) is 0 Å². The van der Waals surface area contributed by atoms with Crippen LogP contribution in [-0.2, 0) is 4.79 Å². The van der Waals surface area contributed by atoms with Crippen molar-refractivity contribution >= 4 is 50.5 Å². The Labute approximate surface area is 129 Å². The van der Waals surface area contributed by atoms with Gasteiger partial charge in [-0.25, -0.2) is 0 Å². The fraction of sp³-hybridized carbons (Fsp3) is 0.357. The number of hydrogen-bond acceptors (Lipinski definition) is 2. The molecule has 100 valence electrons. The Bertz CT molecular complexity index is 586. The highest BCUT2D eigenvalue weighted by Crippen LogP contribution is 2.52. The molecule has 1 aromatic carbocycles. The van der Waals surface area contributed by atoms with Crippen LogP contribution >= 0.6 is 39.1 Å². The van der Waals surface area contributed by atoms with Crippen molar-refractivity contribution in [1.82, 2.24) is 0 Å². The largest absolute Gasteiger partial charge is 0.505 e. The third-order valence-electron chi connectivity index (χ3n) is 4.00. The molecule has 0 spiro atoms. The molecule has 1 aromatic rings. The summed E-state index contributed by atoms with van der Waals surface area (Å²) in [6, 6.07) is 3.35. The summed E-state index contributed by atoms with van der Waals surface area (Å²) in [6.45, 7) is 0. The number of halogens is 3. The molecule has 2 nitrogen and oxygen atoms in total. The van der Waals surface area contributed by atoms with E-state index in [1.54, 1.807) is 12.1 Å². The highest BCUT2D eigenvalue weighted by Gasteiger charge is 2.44. The van der Waals surface area contributed by atoms with E-state index in [1.165, 1.54) is 0 Å². The van der Waals surface area contributed by atoms with Crippen molar-refractivity contribution in [3.8, 4) is 5.75 Å². The molecular formula is C14H11BrCl2O2. The van der Waals surface area contributed by atoms with Crippen molar-refractivity contribution in [2.75, 3.05) is 0 Å². The van der Waals surface area contributed by atoms with Gasteiger partial charge < -0.3 is 5.11 Å². The molecular weight excluding hydrogens is 351 g/mol. The standard InChI is InChI=1S/C14H11BrCl2O2/c15-12-11(7-2-1-3-8(7)13(12)18)6-4-9(16)14(19)10(17)5-6/h4-5,7-8,19H,1-3H2. The number of carbonyl (C=O) groups is 1. The van der Waals surface area contributed by atoms with Crippen LogP contribution in [-0.4, -0.2) is 10.9 Å². The fourth-order valence-electron chi connectivity index (χ4n) is 3.14. The topological polar surface area (TPSA) is 37.3 Å². The van der Waals surface area contributed by atoms with E-state index in [0.29, 0.717) is 4.48 Å². The molecule has 1 saturated carbocycles. The van der Waals surface area contributed by atoms with E-state index in [1.807, 2.05) is 0 Å². The highest BCUT2D eigenvalue weighted by atomic mass is 79.9. The minimum absolute atomic E-state index is 0.0933. The number of fused-ring (bicyclic) bond motifs is 1. The zero-order valence-electron chi connectivity index (χ0n) is 9.92. The first-order valence-electron chi connectivity index (χ1n) is 6.13. The third kappa shape index (κ3) is 2.03. The Hall–Kier alpha value is -0.510. The first-order chi connectivity index (χ1) is 9.00. The van der Waals surface area contributed by atoms with Crippen molar-refractivity contribution in [3.63, 3.8) is 0 Å². The lowest BCUT2D eigenvalue weighted by molar-refractivity contribution is -0.118. The van der Waals surface area contributed by atoms with Crippen molar-refractivity contribution in [2.45, 2.75) is 19.3 Å². The second kappa shape index (κ2) is 4.80. The molecule has 0 radical (unpaired) electrons. The molecule has 2 unspecified atom stereocenters. The number of Topliss-reactive ketones (excluding diaryl/α,β-unsaturated/α-hetero) is 1. The second-order valence-electron chi connectivity index (χ2n) is 5.02. The number of ketones is 1. The zero-order valence-corrected chi connectivity index (χ0v) is 13.0. The summed E-state index contributed by atoms with van der Waals surface area (Å²) in [5.41, 5.74) is 1.80. The maximum absolute atomic E-state index is 12.2. The molecule has 1 N–H and O–H groups in total. The van der Waals surface area contributed by atoms with Gasteiger partial charge in [-0.2, -0.15) is 0 Å². The van der Waals surface area contributed by atoms with Gasteiger partial charge in [0, 0.05) is 5.92 Å². The van der Waals surface area contributed by atoms with Gasteiger partial charge in [0.25, 0.3) is 0 Å². The smallest absolute Gasteiger partial charge is 0.173 e. The van der Waals surface area contributed by atoms with Gasteiger partial charge in [0.05, 0.1) is 14.5 Å². The van der Waals surface area contributed by atoms with E-state index < -0.39 is 0 Å². The zero-order chi connectivity index (χ0) is 13.7. The van der Waals surface area contributed by atoms with E-state index in [4.69, 9.17) is 23.2 Å². The molecule has 2 aliphatic rings. The maximum atomic E-state index is 12.2. The quantitative estimate of drug-likeness (QED) is 0.779. The monoisotopic (exact) mass is 360 g/mol. The van der Waals surface area contributed by atoms with Crippen LogP contribution in [0.15, 0.2) is 16.6 Å². The lowest BCUT2D eigenvalue weighted by Gasteiger charge is -2.14. The average molecular weight is 362 g/mol. The molecule has 0 aliphatic heterocycles. The lowest BCUT2D eigenvalue weighted by Crippen LogP contribution is -2.10. The fourth-order valence-corrected chi connectivity index (χ4v) is 4.44. The van der Waals surface area contributed by atoms with Gasteiger partial charge in [0.1, 0.15) is 0 Å². The van der Waals surface area contributed by atoms with E-state index in [-0.39, 0.29) is 33.4 Å². The second-order valence-corrected chi connectivity index (χ2v) is 6.63. The molecule has 5 heteroatoms. The van der Waals surface area contributed by atoms with E-state index >= 15 is 0 Å². The third-order valence-corrected chi connectivity index (χ3v) is 5.40. The minimum Gasteiger partial charge on any atom is -0.505 e. The SMILES string of the molecule is O=C1C(Br)=C(c2cc(Cl)c(O)c(Cl)c2)C2CCCC12. The Balaban J connectivity index is 2.13. The Morgan fingerprint density at radius 2 is 1.74 bits per heavy atom. The molecule has 0 amide bonds. The summed E-state index contributed by atoms with van der Waals surface area (Å²) in [5, 5.41) is 10.0. The van der Waals surface area contributed by atoms with Crippen molar-refractivity contribution < 1.29 is 9.90 Å². The normalized spacial score (nSPS) is 26.2. The van der Waals surface area contributed by atoms with Gasteiger partial charge in [-0.1, -0.05) is 29.6 Å². The first-order valence-corrected chi connectivity index (χ1v) is 7.68. The van der Waals surface area contributed by atoms with Crippen LogP contribution in [0.2, 0.25) is 10.0 Å². The molecule has 1 fully saturated rings. The number of phenolic OH excluding ortho intramolecular Hbond substituents is 1. The summed E-state index contributed by atoms with van der Waals surface area (Å²) < 4.78 is 0.639. The molecule has 0 heterocycles. The molecule has 0 aromatic heterocycles. The molecule has 0 bridgehead atoms. The van der Waals surface area contributed by atoms with Crippen LogP contribution < -0.4 is 0 Å². The molecule has 19 heavy (non-hydrogen) atoms. The Morgan fingerprint density at radius 3 is 2.37 bits per heavy atom. The Morgan fingerprint density at radius 1 is 1.16 bits per heavy atom. The van der Waals surface area contributed by atoms with Crippen LogP contribution in [0.1, 0.15) is 24.8 Å².